The van der Waals surface area contributed by atoms with Gasteiger partial charge < -0.3 is 10.1 Å². The summed E-state index contributed by atoms with van der Waals surface area (Å²) in [6.45, 7) is 6.03. The van der Waals surface area contributed by atoms with Crippen molar-refractivity contribution in [3.63, 3.8) is 0 Å². The van der Waals surface area contributed by atoms with Crippen LogP contribution in [-0.4, -0.2) is 35.1 Å². The molecule has 0 unspecified atom stereocenters. The first kappa shape index (κ1) is 31.6. The van der Waals surface area contributed by atoms with Gasteiger partial charge in [-0.2, -0.15) is 0 Å². The van der Waals surface area contributed by atoms with Crippen molar-refractivity contribution in [3.8, 4) is 11.1 Å². The number of ether oxygens (including phenoxy) is 1. The summed E-state index contributed by atoms with van der Waals surface area (Å²) in [5, 5.41) is 11.4. The fourth-order valence-corrected chi connectivity index (χ4v) is 9.20. The Balaban J connectivity index is 1.43. The fraction of sp³-hybridized carbons (Fsp3) is 0.190. The van der Waals surface area contributed by atoms with Crippen molar-refractivity contribution in [1.82, 2.24) is 4.90 Å². The zero-order valence-electron chi connectivity index (χ0n) is 27.5. The van der Waals surface area contributed by atoms with Gasteiger partial charge in [-0.15, -0.1) is 0 Å². The normalized spacial score (nSPS) is 14.8. The lowest BCUT2D eigenvalue weighted by atomic mass is 9.92. The number of fused-ring (bicyclic) bond motifs is 2. The topological polar surface area (TPSA) is 58.6 Å². The number of nitrogens with one attached hydrogen (secondary N) is 1. The zero-order chi connectivity index (χ0) is 33.3. The molecule has 0 aliphatic carbocycles. The van der Waals surface area contributed by atoms with Crippen LogP contribution in [0.1, 0.15) is 33.6 Å². The Morgan fingerprint density at radius 3 is 1.83 bits per heavy atom. The number of nitrogens with zero attached hydrogens (tertiary/aromatic N) is 1. The van der Waals surface area contributed by atoms with Crippen molar-refractivity contribution < 1.29 is 14.3 Å². The Bertz CT molecular complexity index is 2070. The monoisotopic (exact) mass is 650 g/mol. The molecule has 0 saturated carbocycles. The molecular formula is C42H39N2O3P. The van der Waals surface area contributed by atoms with Crippen molar-refractivity contribution in [3.05, 3.63) is 133 Å². The van der Waals surface area contributed by atoms with Gasteiger partial charge in [0, 0.05) is 23.4 Å². The molecule has 1 saturated heterocycles. The second kappa shape index (κ2) is 13.3. The summed E-state index contributed by atoms with van der Waals surface area (Å²) in [5.41, 5.74) is 2.17. The van der Waals surface area contributed by atoms with Gasteiger partial charge in [-0.05, 0) is 85.1 Å². The third kappa shape index (κ3) is 6.31. The van der Waals surface area contributed by atoms with Crippen molar-refractivity contribution in [2.45, 2.75) is 45.3 Å². The highest BCUT2D eigenvalue weighted by Gasteiger charge is 2.37. The lowest BCUT2D eigenvalue weighted by molar-refractivity contribution is -0.120. The van der Waals surface area contributed by atoms with Gasteiger partial charge in [0.15, 0.2) is 0 Å². The van der Waals surface area contributed by atoms with Crippen molar-refractivity contribution in [2.24, 2.45) is 0 Å². The highest BCUT2D eigenvalue weighted by Crippen LogP contribution is 2.45. The van der Waals surface area contributed by atoms with Gasteiger partial charge in [0.2, 0.25) is 5.91 Å². The molecular weight excluding hydrogens is 611 g/mol. The third-order valence-corrected chi connectivity index (χ3v) is 11.3. The van der Waals surface area contributed by atoms with E-state index in [1.165, 1.54) is 15.9 Å². The smallest absolute Gasteiger partial charge is 0.410 e. The lowest BCUT2D eigenvalue weighted by Crippen LogP contribution is -2.45. The third-order valence-electron chi connectivity index (χ3n) is 8.80. The van der Waals surface area contributed by atoms with E-state index in [-0.39, 0.29) is 5.91 Å². The largest absolute Gasteiger partial charge is 0.444 e. The number of carbonyl (C=O) groups is 2. The van der Waals surface area contributed by atoms with Crippen LogP contribution < -0.4 is 21.2 Å². The first-order valence-corrected chi connectivity index (χ1v) is 17.9. The number of anilines is 1. The van der Waals surface area contributed by atoms with Crippen molar-refractivity contribution >= 4 is 63.1 Å². The molecule has 1 aliphatic heterocycles. The summed E-state index contributed by atoms with van der Waals surface area (Å²) in [7, 11) is -0.972. The summed E-state index contributed by atoms with van der Waals surface area (Å²) >= 11 is 0. The van der Waals surface area contributed by atoms with E-state index in [4.69, 9.17) is 4.74 Å². The minimum absolute atomic E-state index is 0.204. The molecule has 0 aromatic heterocycles. The lowest BCUT2D eigenvalue weighted by Gasteiger charge is -2.29. The van der Waals surface area contributed by atoms with E-state index >= 15 is 0 Å². The number of likely N-dealkylation sites (tertiary alicyclic amines) is 1. The molecule has 6 heteroatoms. The Hall–Kier alpha value is -4.99. The van der Waals surface area contributed by atoms with Gasteiger partial charge in [0.25, 0.3) is 0 Å². The Labute approximate surface area is 283 Å². The number of carbonyl (C=O) groups excluding carboxylic acids is 2. The Morgan fingerprint density at radius 2 is 1.23 bits per heavy atom. The van der Waals surface area contributed by atoms with Crippen LogP contribution in [0.3, 0.4) is 0 Å². The predicted molar refractivity (Wildman–Crippen MR) is 200 cm³/mol. The predicted octanol–water partition coefficient (Wildman–Crippen LogP) is 8.76. The minimum atomic E-state index is -0.972. The summed E-state index contributed by atoms with van der Waals surface area (Å²) in [5.74, 6) is -0.204. The van der Waals surface area contributed by atoms with Crippen LogP contribution in [0.4, 0.5) is 10.5 Å². The van der Waals surface area contributed by atoms with Crippen LogP contribution in [0.2, 0.25) is 0 Å². The fourth-order valence-electron chi connectivity index (χ4n) is 6.73. The van der Waals surface area contributed by atoms with Crippen LogP contribution in [0.5, 0.6) is 0 Å². The van der Waals surface area contributed by atoms with E-state index in [1.54, 1.807) is 4.90 Å². The molecule has 240 valence electrons. The molecule has 1 N–H and O–H groups in total. The maximum atomic E-state index is 14.2. The van der Waals surface area contributed by atoms with Crippen molar-refractivity contribution in [2.75, 3.05) is 11.9 Å². The van der Waals surface area contributed by atoms with E-state index in [0.29, 0.717) is 13.0 Å². The number of hydrogen-bond donors (Lipinski definition) is 1. The zero-order valence-corrected chi connectivity index (χ0v) is 28.4. The second-order valence-corrected chi connectivity index (χ2v) is 15.4. The van der Waals surface area contributed by atoms with E-state index in [0.717, 1.165) is 44.8 Å². The minimum Gasteiger partial charge on any atom is -0.444 e. The highest BCUT2D eigenvalue weighted by atomic mass is 31.1. The number of hydrogen-bond acceptors (Lipinski definition) is 3. The second-order valence-electron chi connectivity index (χ2n) is 13.2. The molecule has 5 nitrogen and oxygen atoms in total. The number of benzene rings is 6. The molecule has 0 spiro atoms. The molecule has 48 heavy (non-hydrogen) atoms. The SMILES string of the molecule is CC(C)(C)OC(=O)N1CCC[C@H]1C(=O)Nc1ccc2ccccc2c1-c1c(P(c2ccccc2)c2ccccc2)ccc2ccccc12. The molecule has 1 aliphatic rings. The van der Waals surface area contributed by atoms with Crippen LogP contribution in [0.25, 0.3) is 32.7 Å². The molecule has 0 bridgehead atoms. The van der Waals surface area contributed by atoms with Gasteiger partial charge in [-0.1, -0.05) is 127 Å². The molecule has 2 amide bonds. The number of rotatable bonds is 6. The van der Waals surface area contributed by atoms with Crippen LogP contribution in [0.15, 0.2) is 133 Å². The summed E-state index contributed by atoms with van der Waals surface area (Å²) in [4.78, 5) is 28.9. The van der Waals surface area contributed by atoms with Crippen LogP contribution in [-0.2, 0) is 9.53 Å². The molecule has 0 radical (unpaired) electrons. The maximum absolute atomic E-state index is 14.2. The highest BCUT2D eigenvalue weighted by molar-refractivity contribution is 7.80. The van der Waals surface area contributed by atoms with Crippen LogP contribution in [0, 0.1) is 0 Å². The van der Waals surface area contributed by atoms with E-state index in [9.17, 15) is 9.59 Å². The molecule has 1 atom stereocenters. The van der Waals surface area contributed by atoms with Gasteiger partial charge in [-0.25, -0.2) is 4.79 Å². The Kier molecular flexibility index (Phi) is 8.73. The summed E-state index contributed by atoms with van der Waals surface area (Å²) in [6.07, 6.45) is 0.876. The number of amides is 2. The van der Waals surface area contributed by atoms with Crippen molar-refractivity contribution in [1.29, 1.82) is 0 Å². The maximum Gasteiger partial charge on any atom is 0.410 e. The molecule has 1 heterocycles. The van der Waals surface area contributed by atoms with Crippen LogP contribution >= 0.6 is 7.92 Å². The average molecular weight is 651 g/mol. The first-order chi connectivity index (χ1) is 23.3. The molecule has 1 fully saturated rings. The van der Waals surface area contributed by atoms with E-state index < -0.39 is 25.7 Å². The van der Waals surface area contributed by atoms with E-state index in [2.05, 4.69) is 127 Å². The summed E-state index contributed by atoms with van der Waals surface area (Å²) in [6, 6.07) is 46.2. The molecule has 7 rings (SSSR count). The first-order valence-electron chi connectivity index (χ1n) is 16.5. The standard InChI is InChI=1S/C42H39N2O3P/c1-42(2,3)47-41(46)44-28-14-23-36(44)40(45)43-35-26-24-29-15-10-12-21-33(29)38(35)39-34-22-13-11-16-30(34)25-27-37(39)48(31-17-6-4-7-18-31)32-19-8-5-9-20-32/h4-13,15-22,24-27,36H,14,23,28H2,1-3H3,(H,43,45)/t36-/m0/s1. The van der Waals surface area contributed by atoms with Gasteiger partial charge in [0.1, 0.15) is 11.6 Å². The average Bonchev–Trinajstić information content (AvgIpc) is 3.60. The summed E-state index contributed by atoms with van der Waals surface area (Å²) < 4.78 is 5.69. The van der Waals surface area contributed by atoms with Gasteiger partial charge in [0.05, 0.1) is 0 Å². The Morgan fingerprint density at radius 1 is 0.688 bits per heavy atom. The quantitative estimate of drug-likeness (QED) is 0.184. The molecule has 6 aromatic rings. The van der Waals surface area contributed by atoms with E-state index in [1.807, 2.05) is 32.9 Å². The molecule has 6 aromatic carbocycles. The van der Waals surface area contributed by atoms with Gasteiger partial charge in [-0.3, -0.25) is 9.69 Å². The van der Waals surface area contributed by atoms with Gasteiger partial charge >= 0.3 is 6.09 Å².